The Labute approximate surface area is 168 Å². The summed E-state index contributed by atoms with van der Waals surface area (Å²) in [6, 6.07) is 9.08. The van der Waals surface area contributed by atoms with Gasteiger partial charge in [-0.05, 0) is 79.0 Å². The highest BCUT2D eigenvalue weighted by molar-refractivity contribution is 14.1. The number of allylic oxidation sites excluding steroid dienone is 1. The molecule has 3 atom stereocenters. The summed E-state index contributed by atoms with van der Waals surface area (Å²) in [5.41, 5.74) is 2.78. The third kappa shape index (κ3) is 2.56. The summed E-state index contributed by atoms with van der Waals surface area (Å²) in [5, 5.41) is 11.9. The zero-order valence-electron chi connectivity index (χ0n) is 15.0. The molecule has 0 amide bonds. The lowest BCUT2D eigenvalue weighted by atomic mass is 9.84. The number of benzene rings is 1. The van der Waals surface area contributed by atoms with Gasteiger partial charge < -0.3 is 9.64 Å². The molecular formula is C20H26IN4O+. The first-order valence-electron chi connectivity index (χ1n) is 9.88. The first kappa shape index (κ1) is 17.1. The van der Waals surface area contributed by atoms with Crippen molar-refractivity contribution in [3.05, 3.63) is 39.5 Å². The molecule has 1 aromatic carbocycles. The average Bonchev–Trinajstić information content (AvgIpc) is 3.39. The van der Waals surface area contributed by atoms with Crippen molar-refractivity contribution in [1.29, 1.82) is 0 Å². The summed E-state index contributed by atoms with van der Waals surface area (Å²) < 4.78 is 6.96. The van der Waals surface area contributed by atoms with Gasteiger partial charge in [-0.3, -0.25) is 0 Å². The molecule has 4 aliphatic rings. The highest BCUT2D eigenvalue weighted by Crippen LogP contribution is 2.49. The predicted octanol–water partition coefficient (Wildman–Crippen LogP) is 2.98. The quantitative estimate of drug-likeness (QED) is 0.551. The van der Waals surface area contributed by atoms with Gasteiger partial charge in [0, 0.05) is 3.57 Å². The van der Waals surface area contributed by atoms with E-state index in [9.17, 15) is 0 Å². The van der Waals surface area contributed by atoms with E-state index < -0.39 is 0 Å². The van der Waals surface area contributed by atoms with E-state index in [1.165, 1.54) is 34.9 Å². The minimum absolute atomic E-state index is 0.0628. The molecule has 2 fully saturated rings. The Morgan fingerprint density at radius 2 is 1.96 bits per heavy atom. The van der Waals surface area contributed by atoms with E-state index in [0.29, 0.717) is 12.0 Å². The van der Waals surface area contributed by atoms with Crippen molar-refractivity contribution < 1.29 is 9.64 Å². The molecule has 5 nitrogen and oxygen atoms in total. The van der Waals surface area contributed by atoms with Crippen molar-refractivity contribution in [1.82, 2.24) is 0 Å². The third-order valence-electron chi connectivity index (χ3n) is 6.66. The average molecular weight is 465 g/mol. The van der Waals surface area contributed by atoms with Gasteiger partial charge in [0.1, 0.15) is 19.1 Å². The molecule has 26 heavy (non-hydrogen) atoms. The molecule has 5 rings (SSSR count). The first-order valence-corrected chi connectivity index (χ1v) is 11.0. The number of nitrogens with one attached hydrogen (secondary N) is 1. The van der Waals surface area contributed by atoms with Crippen LogP contribution in [0.2, 0.25) is 0 Å². The normalized spacial score (nSPS) is 34.3. The Balaban J connectivity index is 1.61. The number of rotatable bonds is 3. The summed E-state index contributed by atoms with van der Waals surface area (Å²) in [7, 11) is 0. The lowest BCUT2D eigenvalue weighted by molar-refractivity contribution is -0.961. The lowest BCUT2D eigenvalue weighted by Gasteiger charge is -2.47. The monoisotopic (exact) mass is 465 g/mol. The van der Waals surface area contributed by atoms with Gasteiger partial charge in [0.25, 0.3) is 0 Å². The van der Waals surface area contributed by atoms with Crippen molar-refractivity contribution in [2.75, 3.05) is 31.3 Å². The number of ether oxygens (including phenoxy) is 1. The second kappa shape index (κ2) is 6.87. The van der Waals surface area contributed by atoms with Crippen molar-refractivity contribution in [2.45, 2.75) is 43.8 Å². The van der Waals surface area contributed by atoms with Crippen LogP contribution in [0.1, 0.15) is 32.1 Å². The maximum absolute atomic E-state index is 5.71. The van der Waals surface area contributed by atoms with E-state index in [1.54, 1.807) is 10.5 Å². The Hall–Kier alpha value is -0.990. The van der Waals surface area contributed by atoms with E-state index in [0.717, 1.165) is 32.7 Å². The van der Waals surface area contributed by atoms with Crippen LogP contribution in [0.4, 0.5) is 5.69 Å². The molecular weight excluding hydrogens is 439 g/mol. The fourth-order valence-electron chi connectivity index (χ4n) is 5.60. The van der Waals surface area contributed by atoms with Crippen LogP contribution in [0.25, 0.3) is 0 Å². The topological polar surface area (TPSA) is 41.6 Å². The summed E-state index contributed by atoms with van der Waals surface area (Å²) >= 11 is 2.37. The van der Waals surface area contributed by atoms with Crippen LogP contribution in [0.5, 0.6) is 0 Å². The molecule has 1 N–H and O–H groups in total. The van der Waals surface area contributed by atoms with Gasteiger partial charge in [0.05, 0.1) is 24.8 Å². The molecule has 6 heteroatoms. The summed E-state index contributed by atoms with van der Waals surface area (Å²) in [6.45, 7) is 3.78. The van der Waals surface area contributed by atoms with Crippen LogP contribution in [-0.2, 0) is 4.74 Å². The molecule has 0 bridgehead atoms. The van der Waals surface area contributed by atoms with Crippen molar-refractivity contribution in [2.24, 2.45) is 16.3 Å². The highest BCUT2D eigenvalue weighted by atomic mass is 127. The molecule has 2 heterocycles. The molecule has 2 aliphatic carbocycles. The van der Waals surface area contributed by atoms with E-state index in [1.807, 2.05) is 0 Å². The fraction of sp³-hybridized carbons (Fsp3) is 0.600. The molecule has 1 aromatic rings. The lowest BCUT2D eigenvalue weighted by Crippen LogP contribution is -3.25. The Kier molecular flexibility index (Phi) is 4.53. The molecule has 0 radical (unpaired) electrons. The Bertz CT molecular complexity index is 728. The summed E-state index contributed by atoms with van der Waals surface area (Å²) in [5.74, 6) is 0.553. The molecule has 0 spiro atoms. The second-order valence-corrected chi connectivity index (χ2v) is 9.10. The predicted molar refractivity (Wildman–Crippen MR) is 109 cm³/mol. The summed E-state index contributed by atoms with van der Waals surface area (Å²) in [4.78, 5) is 1.62. The van der Waals surface area contributed by atoms with Gasteiger partial charge in [-0.25, -0.2) is 0 Å². The van der Waals surface area contributed by atoms with Crippen LogP contribution in [0.3, 0.4) is 0 Å². The van der Waals surface area contributed by atoms with Crippen LogP contribution in [-0.4, -0.2) is 38.0 Å². The van der Waals surface area contributed by atoms with Gasteiger partial charge >= 0.3 is 0 Å². The number of nitrogens with zero attached hydrogens (tertiary/aromatic N) is 3. The van der Waals surface area contributed by atoms with Crippen LogP contribution in [0, 0.1) is 9.49 Å². The van der Waals surface area contributed by atoms with Crippen LogP contribution in [0.15, 0.2) is 46.3 Å². The Morgan fingerprint density at radius 1 is 1.15 bits per heavy atom. The minimum atomic E-state index is -0.0628. The van der Waals surface area contributed by atoms with Gasteiger partial charge in [-0.15, -0.1) is 0 Å². The third-order valence-corrected chi connectivity index (χ3v) is 7.38. The standard InChI is InChI=1S/C20H25IN4O/c21-16-5-7-17(8-6-16)25-20(24-11-13-26-14-12-24)18(15-3-1-2-4-15)9-10-19(20)22-23-25/h3,5-8,18-19H,1-2,4,9-14H2/p+1/t18-,19+,20-/m0/s1. The molecule has 138 valence electrons. The van der Waals surface area contributed by atoms with Crippen molar-refractivity contribution in [3.8, 4) is 0 Å². The molecule has 1 saturated heterocycles. The number of morpholine rings is 1. The van der Waals surface area contributed by atoms with Crippen LogP contribution < -0.4 is 9.91 Å². The molecule has 0 aromatic heterocycles. The first-order chi connectivity index (χ1) is 12.8. The maximum Gasteiger partial charge on any atom is 0.225 e. The van der Waals surface area contributed by atoms with E-state index in [4.69, 9.17) is 15.1 Å². The highest BCUT2D eigenvalue weighted by Gasteiger charge is 2.66. The molecule has 1 saturated carbocycles. The van der Waals surface area contributed by atoms with Crippen LogP contribution >= 0.6 is 22.6 Å². The maximum atomic E-state index is 5.71. The fourth-order valence-corrected chi connectivity index (χ4v) is 5.96. The summed E-state index contributed by atoms with van der Waals surface area (Å²) in [6.07, 6.45) is 8.70. The van der Waals surface area contributed by atoms with E-state index in [-0.39, 0.29) is 5.66 Å². The molecule has 2 aliphatic heterocycles. The number of halogens is 1. The number of quaternary nitrogens is 1. The van der Waals surface area contributed by atoms with Crippen molar-refractivity contribution in [3.63, 3.8) is 0 Å². The largest absolute Gasteiger partial charge is 0.370 e. The van der Waals surface area contributed by atoms with Crippen molar-refractivity contribution >= 4 is 28.3 Å². The number of hydrogen-bond donors (Lipinski definition) is 1. The van der Waals surface area contributed by atoms with E-state index >= 15 is 0 Å². The van der Waals surface area contributed by atoms with Gasteiger partial charge in [-0.1, -0.05) is 16.9 Å². The van der Waals surface area contributed by atoms with Gasteiger partial charge in [0.2, 0.25) is 5.66 Å². The number of anilines is 1. The second-order valence-electron chi connectivity index (χ2n) is 7.85. The minimum Gasteiger partial charge on any atom is -0.370 e. The number of fused-ring (bicyclic) bond motifs is 1. The SMILES string of the molecule is Ic1ccc(N2N=N[C@@H]3CC[C@@H](C4=CCCC4)[C@@]32[NH+]2CCOCC2)cc1. The molecule has 0 unspecified atom stereocenters. The Morgan fingerprint density at radius 3 is 2.69 bits per heavy atom. The number of hydrogen-bond acceptors (Lipinski definition) is 4. The zero-order valence-corrected chi connectivity index (χ0v) is 17.2. The smallest absolute Gasteiger partial charge is 0.225 e. The zero-order chi connectivity index (χ0) is 17.6. The van der Waals surface area contributed by atoms with E-state index in [2.05, 4.69) is 57.9 Å². The van der Waals surface area contributed by atoms with Gasteiger partial charge in [-0.2, -0.15) is 10.1 Å². The van der Waals surface area contributed by atoms with Gasteiger partial charge in [0.15, 0.2) is 0 Å².